The van der Waals surface area contributed by atoms with Crippen LogP contribution in [-0.2, 0) is 20.0 Å². The molecule has 0 bridgehead atoms. The molecule has 0 radical (unpaired) electrons. The molecule has 5 aromatic rings. The number of rotatable bonds is 6. The SMILES string of the molecule is Cc1cc(Cn2c(-c3nc4cc5c(cc4n3C)CCN(C[C@H](N)CF)C5=O)cc3ccccc32)on1. The molecule has 0 spiro atoms. The molecular formula is C27H27FN6O2. The molecule has 0 fully saturated rings. The maximum atomic E-state index is 13.1. The van der Waals surface area contributed by atoms with E-state index in [1.807, 2.05) is 38.2 Å². The van der Waals surface area contributed by atoms with Gasteiger partial charge >= 0.3 is 0 Å². The van der Waals surface area contributed by atoms with Crippen molar-refractivity contribution in [2.24, 2.45) is 12.8 Å². The van der Waals surface area contributed by atoms with Gasteiger partial charge in [0.2, 0.25) is 0 Å². The Balaban J connectivity index is 1.46. The fourth-order valence-electron chi connectivity index (χ4n) is 5.16. The normalized spacial score (nSPS) is 14.7. The topological polar surface area (TPSA) is 95.1 Å². The Morgan fingerprint density at radius 2 is 2.00 bits per heavy atom. The fourth-order valence-corrected chi connectivity index (χ4v) is 5.16. The predicted molar refractivity (Wildman–Crippen MR) is 136 cm³/mol. The molecule has 0 aliphatic carbocycles. The average molecular weight is 487 g/mol. The van der Waals surface area contributed by atoms with Crippen molar-refractivity contribution in [1.82, 2.24) is 24.2 Å². The van der Waals surface area contributed by atoms with Crippen LogP contribution in [-0.4, -0.2) is 55.9 Å². The third kappa shape index (κ3) is 3.67. The lowest BCUT2D eigenvalue weighted by Crippen LogP contribution is -2.45. The minimum absolute atomic E-state index is 0.121. The second kappa shape index (κ2) is 8.60. The number of carbonyl (C=O) groups excluding carboxylic acids is 1. The van der Waals surface area contributed by atoms with E-state index < -0.39 is 12.7 Å². The second-order valence-corrected chi connectivity index (χ2v) is 9.52. The summed E-state index contributed by atoms with van der Waals surface area (Å²) in [7, 11) is 1.99. The molecule has 2 N–H and O–H groups in total. The second-order valence-electron chi connectivity index (χ2n) is 9.52. The maximum absolute atomic E-state index is 13.1. The van der Waals surface area contributed by atoms with Gasteiger partial charge in [0, 0.05) is 42.7 Å². The number of imidazole rings is 1. The number of halogens is 1. The Morgan fingerprint density at radius 1 is 1.17 bits per heavy atom. The van der Waals surface area contributed by atoms with Crippen LogP contribution in [0.4, 0.5) is 4.39 Å². The molecule has 0 saturated carbocycles. The standard InChI is InChI=1S/C27H27FN6O2/c1-16-9-20(36-31-16)15-34-23-6-4-3-5-18(23)11-25(34)26-30-22-12-21-17(10-24(22)32(26)2)7-8-33(27(21)35)14-19(29)13-28/h3-6,9-12,19H,7-8,13-15,29H2,1-2H3/t19-/m1/s1. The van der Waals surface area contributed by atoms with E-state index in [-0.39, 0.29) is 12.5 Å². The molecule has 1 aliphatic heterocycles. The van der Waals surface area contributed by atoms with Gasteiger partial charge < -0.3 is 24.3 Å². The van der Waals surface area contributed by atoms with Crippen LogP contribution in [0.1, 0.15) is 27.4 Å². The zero-order valence-corrected chi connectivity index (χ0v) is 20.2. The summed E-state index contributed by atoms with van der Waals surface area (Å²) in [6.45, 7) is 2.51. The minimum Gasteiger partial charge on any atom is -0.359 e. The zero-order valence-electron chi connectivity index (χ0n) is 20.2. The summed E-state index contributed by atoms with van der Waals surface area (Å²) in [5, 5.41) is 5.14. The van der Waals surface area contributed by atoms with Crippen molar-refractivity contribution in [3.63, 3.8) is 0 Å². The number of amides is 1. The van der Waals surface area contributed by atoms with Crippen molar-refractivity contribution < 1.29 is 13.7 Å². The van der Waals surface area contributed by atoms with Crippen LogP contribution in [0, 0.1) is 6.92 Å². The highest BCUT2D eigenvalue weighted by Gasteiger charge is 2.27. The van der Waals surface area contributed by atoms with Crippen LogP contribution in [0.15, 0.2) is 53.1 Å². The molecule has 36 heavy (non-hydrogen) atoms. The number of para-hydroxylation sites is 1. The lowest BCUT2D eigenvalue weighted by atomic mass is 9.97. The summed E-state index contributed by atoms with van der Waals surface area (Å²) in [5.41, 5.74) is 11.9. The smallest absolute Gasteiger partial charge is 0.254 e. The molecule has 8 nitrogen and oxygen atoms in total. The van der Waals surface area contributed by atoms with Crippen molar-refractivity contribution in [3.8, 4) is 11.5 Å². The van der Waals surface area contributed by atoms with E-state index in [1.165, 1.54) is 0 Å². The summed E-state index contributed by atoms with van der Waals surface area (Å²) in [6.07, 6.45) is 0.696. The summed E-state index contributed by atoms with van der Waals surface area (Å²) < 4.78 is 22.7. The van der Waals surface area contributed by atoms with Crippen LogP contribution in [0.25, 0.3) is 33.5 Å². The molecule has 0 saturated heterocycles. The van der Waals surface area contributed by atoms with Gasteiger partial charge in [0.25, 0.3) is 5.91 Å². The number of hydrogen-bond donors (Lipinski definition) is 1. The predicted octanol–water partition coefficient (Wildman–Crippen LogP) is 3.83. The first-order valence-electron chi connectivity index (χ1n) is 12.0. The molecule has 184 valence electrons. The molecule has 0 unspecified atom stereocenters. The third-order valence-corrected chi connectivity index (χ3v) is 6.96. The summed E-state index contributed by atoms with van der Waals surface area (Å²) in [4.78, 5) is 19.8. The molecule has 4 heterocycles. The quantitative estimate of drug-likeness (QED) is 0.394. The molecule has 1 atom stereocenters. The Kier molecular flexibility index (Phi) is 5.37. The lowest BCUT2D eigenvalue weighted by molar-refractivity contribution is 0.0725. The molecule has 3 aromatic heterocycles. The zero-order chi connectivity index (χ0) is 25.0. The number of hydrogen-bond acceptors (Lipinski definition) is 5. The van der Waals surface area contributed by atoms with Crippen molar-refractivity contribution in [2.45, 2.75) is 25.9 Å². The molecule has 6 rings (SSSR count). The van der Waals surface area contributed by atoms with Gasteiger partial charge in [0.05, 0.1) is 35.0 Å². The van der Waals surface area contributed by atoms with Crippen molar-refractivity contribution in [3.05, 3.63) is 71.1 Å². The van der Waals surface area contributed by atoms with E-state index in [9.17, 15) is 9.18 Å². The monoisotopic (exact) mass is 486 g/mol. The first-order valence-corrected chi connectivity index (χ1v) is 12.0. The van der Waals surface area contributed by atoms with Crippen LogP contribution in [0.3, 0.4) is 0 Å². The number of fused-ring (bicyclic) bond motifs is 3. The number of benzene rings is 2. The van der Waals surface area contributed by atoms with E-state index in [0.717, 1.165) is 50.5 Å². The van der Waals surface area contributed by atoms with Gasteiger partial charge in [-0.3, -0.25) is 4.79 Å². The average Bonchev–Trinajstić information content (AvgIpc) is 3.55. The van der Waals surface area contributed by atoms with Crippen LogP contribution in [0.2, 0.25) is 0 Å². The highest BCUT2D eigenvalue weighted by molar-refractivity contribution is 6.00. The van der Waals surface area contributed by atoms with Gasteiger partial charge in [-0.2, -0.15) is 0 Å². The summed E-state index contributed by atoms with van der Waals surface area (Å²) >= 11 is 0. The number of nitrogens with two attached hydrogens (primary N) is 1. The Morgan fingerprint density at radius 3 is 2.78 bits per heavy atom. The molecule has 1 amide bonds. The van der Waals surface area contributed by atoms with Gasteiger partial charge in [-0.05, 0) is 43.2 Å². The minimum atomic E-state index is -0.671. The molecule has 1 aliphatic rings. The highest BCUT2D eigenvalue weighted by Crippen LogP contribution is 2.33. The Labute approximate surface area is 207 Å². The number of aryl methyl sites for hydroxylation is 2. The number of nitrogens with zero attached hydrogens (tertiary/aromatic N) is 5. The van der Waals surface area contributed by atoms with E-state index in [2.05, 4.69) is 38.6 Å². The fraction of sp³-hybridized carbons (Fsp3) is 0.296. The number of carbonyl (C=O) groups is 1. The van der Waals surface area contributed by atoms with Crippen LogP contribution >= 0.6 is 0 Å². The van der Waals surface area contributed by atoms with Gasteiger partial charge in [-0.25, -0.2) is 9.37 Å². The van der Waals surface area contributed by atoms with Crippen molar-refractivity contribution in [2.75, 3.05) is 19.8 Å². The Bertz CT molecular complexity index is 1610. The summed E-state index contributed by atoms with van der Waals surface area (Å²) in [5.74, 6) is 1.44. The first-order chi connectivity index (χ1) is 17.4. The van der Waals surface area contributed by atoms with E-state index in [4.69, 9.17) is 15.2 Å². The van der Waals surface area contributed by atoms with E-state index >= 15 is 0 Å². The van der Waals surface area contributed by atoms with Gasteiger partial charge in [-0.1, -0.05) is 23.4 Å². The number of alkyl halides is 1. The van der Waals surface area contributed by atoms with E-state index in [1.54, 1.807) is 4.90 Å². The first kappa shape index (κ1) is 22.5. The van der Waals surface area contributed by atoms with Gasteiger partial charge in [0.1, 0.15) is 6.67 Å². The van der Waals surface area contributed by atoms with Crippen molar-refractivity contribution in [1.29, 1.82) is 0 Å². The molecular weight excluding hydrogens is 459 g/mol. The lowest BCUT2D eigenvalue weighted by Gasteiger charge is -2.30. The third-order valence-electron chi connectivity index (χ3n) is 6.96. The summed E-state index contributed by atoms with van der Waals surface area (Å²) in [6, 6.07) is 15.5. The van der Waals surface area contributed by atoms with Crippen molar-refractivity contribution >= 4 is 27.8 Å². The van der Waals surface area contributed by atoms with E-state index in [0.29, 0.717) is 25.1 Å². The highest BCUT2D eigenvalue weighted by atomic mass is 19.1. The number of aromatic nitrogens is 4. The molecule has 2 aromatic carbocycles. The molecule has 9 heteroatoms. The van der Waals surface area contributed by atoms with Gasteiger partial charge in [-0.15, -0.1) is 0 Å². The largest absolute Gasteiger partial charge is 0.359 e. The van der Waals surface area contributed by atoms with Crippen LogP contribution in [0.5, 0.6) is 0 Å². The van der Waals surface area contributed by atoms with Crippen LogP contribution < -0.4 is 5.73 Å². The van der Waals surface area contributed by atoms with Gasteiger partial charge in [0.15, 0.2) is 11.6 Å². The maximum Gasteiger partial charge on any atom is 0.254 e. The Hall–Kier alpha value is -3.98.